The number of guanidine groups is 1. The summed E-state index contributed by atoms with van der Waals surface area (Å²) >= 11 is 0. The number of likely N-dealkylation sites (tertiary alicyclic amines) is 1. The molecule has 2 aliphatic rings. The second-order valence-electron chi connectivity index (χ2n) is 9.43. The highest BCUT2D eigenvalue weighted by Crippen LogP contribution is 2.29. The Hall–Kier alpha value is -2.89. The Bertz CT molecular complexity index is 765. The van der Waals surface area contributed by atoms with E-state index in [9.17, 15) is 19.2 Å². The second-order valence-corrected chi connectivity index (χ2v) is 9.43. The smallest absolute Gasteiger partial charge is 0.243 e. The number of nitrogens with one attached hydrogen (secondary N) is 2. The van der Waals surface area contributed by atoms with E-state index in [1.54, 1.807) is 4.90 Å². The van der Waals surface area contributed by atoms with Crippen LogP contribution in [0.2, 0.25) is 0 Å². The van der Waals surface area contributed by atoms with Crippen molar-refractivity contribution in [2.75, 3.05) is 19.6 Å². The van der Waals surface area contributed by atoms with Crippen molar-refractivity contribution >= 4 is 29.6 Å². The summed E-state index contributed by atoms with van der Waals surface area (Å²) in [6.07, 6.45) is 7.49. The van der Waals surface area contributed by atoms with Gasteiger partial charge in [-0.05, 0) is 64.3 Å². The topological polar surface area (TPSA) is 212 Å². The highest BCUT2D eigenvalue weighted by atomic mass is 16.2. The van der Waals surface area contributed by atoms with E-state index in [-0.39, 0.29) is 30.1 Å². The lowest BCUT2D eigenvalue weighted by Gasteiger charge is -2.28. The Labute approximate surface area is 207 Å². The van der Waals surface area contributed by atoms with Crippen molar-refractivity contribution in [1.82, 2.24) is 15.5 Å². The van der Waals surface area contributed by atoms with E-state index >= 15 is 0 Å². The van der Waals surface area contributed by atoms with Gasteiger partial charge in [0, 0.05) is 19.0 Å². The van der Waals surface area contributed by atoms with E-state index in [1.807, 2.05) is 0 Å². The Kier molecular flexibility index (Phi) is 11.7. The summed E-state index contributed by atoms with van der Waals surface area (Å²) in [6, 6.07) is -2.37. The molecule has 0 radical (unpaired) electrons. The van der Waals surface area contributed by atoms with Crippen LogP contribution in [0.3, 0.4) is 0 Å². The Morgan fingerprint density at radius 2 is 1.57 bits per heavy atom. The minimum absolute atomic E-state index is 0.0117. The molecule has 0 aromatic rings. The monoisotopic (exact) mass is 494 g/mol. The Morgan fingerprint density at radius 3 is 2.20 bits per heavy atom. The average molecular weight is 495 g/mol. The van der Waals surface area contributed by atoms with Gasteiger partial charge in [0.25, 0.3) is 0 Å². The first-order chi connectivity index (χ1) is 16.7. The van der Waals surface area contributed by atoms with Crippen LogP contribution in [0.25, 0.3) is 0 Å². The molecule has 12 nitrogen and oxygen atoms in total. The lowest BCUT2D eigenvalue weighted by molar-refractivity contribution is -0.142. The van der Waals surface area contributed by atoms with Crippen molar-refractivity contribution in [3.05, 3.63) is 0 Å². The molecule has 35 heavy (non-hydrogen) atoms. The van der Waals surface area contributed by atoms with Gasteiger partial charge < -0.3 is 38.5 Å². The van der Waals surface area contributed by atoms with Crippen molar-refractivity contribution in [3.8, 4) is 0 Å². The van der Waals surface area contributed by atoms with Gasteiger partial charge in [0.15, 0.2) is 5.96 Å². The highest BCUT2D eigenvalue weighted by Gasteiger charge is 2.39. The predicted octanol–water partition coefficient (Wildman–Crippen LogP) is -1.19. The standard InChI is InChI=1S/C23H42N8O4/c24-12-4-3-9-17(20(33)29-16(19(25)32)10-5-13-28-23(26)27)30-21(34)18-11-6-14-31(18)22(35)15-7-1-2-8-15/h15-18H,1-14,24H2,(H2,25,32)(H,29,33)(H,30,34)(H4,26,27,28)/t16-,17-,18-/m0/s1. The van der Waals surface area contributed by atoms with Crippen molar-refractivity contribution in [2.24, 2.45) is 33.8 Å². The molecule has 1 heterocycles. The predicted molar refractivity (Wildman–Crippen MR) is 133 cm³/mol. The molecule has 0 unspecified atom stereocenters. The fraction of sp³-hybridized carbons (Fsp3) is 0.783. The van der Waals surface area contributed by atoms with E-state index in [4.69, 9.17) is 22.9 Å². The minimum Gasteiger partial charge on any atom is -0.370 e. The molecule has 4 amide bonds. The van der Waals surface area contributed by atoms with E-state index in [0.717, 1.165) is 32.1 Å². The summed E-state index contributed by atoms with van der Waals surface area (Å²) in [5.74, 6) is -1.54. The van der Waals surface area contributed by atoms with Gasteiger partial charge in [-0.15, -0.1) is 0 Å². The number of hydrogen-bond acceptors (Lipinski definition) is 6. The van der Waals surface area contributed by atoms with Crippen molar-refractivity contribution in [2.45, 2.75) is 88.8 Å². The molecular weight excluding hydrogens is 452 g/mol. The lowest BCUT2D eigenvalue weighted by atomic mass is 10.0. The first-order valence-corrected chi connectivity index (χ1v) is 12.7. The van der Waals surface area contributed by atoms with Crippen LogP contribution in [0.5, 0.6) is 0 Å². The summed E-state index contributed by atoms with van der Waals surface area (Å²) in [5.41, 5.74) is 21.7. The van der Waals surface area contributed by atoms with Crippen LogP contribution in [0, 0.1) is 5.92 Å². The molecule has 3 atom stereocenters. The molecule has 1 aliphatic carbocycles. The number of carbonyl (C=O) groups excluding carboxylic acids is 4. The van der Waals surface area contributed by atoms with Crippen LogP contribution in [0.15, 0.2) is 4.99 Å². The van der Waals surface area contributed by atoms with Gasteiger partial charge in [-0.3, -0.25) is 24.2 Å². The molecule has 1 aliphatic heterocycles. The number of primary amides is 1. The van der Waals surface area contributed by atoms with Crippen LogP contribution in [-0.4, -0.2) is 72.2 Å². The van der Waals surface area contributed by atoms with Gasteiger partial charge in [0.2, 0.25) is 23.6 Å². The summed E-state index contributed by atoms with van der Waals surface area (Å²) in [6.45, 7) is 1.31. The Balaban J connectivity index is 2.02. The molecule has 1 saturated heterocycles. The molecule has 0 spiro atoms. The molecule has 0 bridgehead atoms. The highest BCUT2D eigenvalue weighted by molar-refractivity contribution is 5.94. The van der Waals surface area contributed by atoms with Gasteiger partial charge >= 0.3 is 0 Å². The zero-order valence-electron chi connectivity index (χ0n) is 20.5. The normalized spacial score (nSPS) is 19.7. The number of nitrogens with two attached hydrogens (primary N) is 4. The summed E-state index contributed by atoms with van der Waals surface area (Å²) in [5, 5.41) is 5.48. The van der Waals surface area contributed by atoms with Gasteiger partial charge in [-0.25, -0.2) is 0 Å². The quantitative estimate of drug-likeness (QED) is 0.0985. The number of amides is 4. The van der Waals surface area contributed by atoms with Crippen molar-refractivity contribution in [1.29, 1.82) is 0 Å². The van der Waals surface area contributed by atoms with E-state index in [2.05, 4.69) is 15.6 Å². The molecule has 2 rings (SSSR count). The van der Waals surface area contributed by atoms with E-state index in [0.29, 0.717) is 51.7 Å². The molecule has 10 N–H and O–H groups in total. The fourth-order valence-electron chi connectivity index (χ4n) is 4.80. The zero-order valence-corrected chi connectivity index (χ0v) is 20.5. The van der Waals surface area contributed by atoms with Crippen LogP contribution in [0.4, 0.5) is 0 Å². The molecule has 198 valence electrons. The second kappa shape index (κ2) is 14.5. The van der Waals surface area contributed by atoms with Crippen LogP contribution < -0.4 is 33.6 Å². The fourth-order valence-corrected chi connectivity index (χ4v) is 4.80. The summed E-state index contributed by atoms with van der Waals surface area (Å²) in [7, 11) is 0. The molecule has 2 fully saturated rings. The third-order valence-electron chi connectivity index (χ3n) is 6.73. The number of rotatable bonds is 14. The third-order valence-corrected chi connectivity index (χ3v) is 6.73. The van der Waals surface area contributed by atoms with E-state index < -0.39 is 29.9 Å². The number of hydrogen-bond donors (Lipinski definition) is 6. The first-order valence-electron chi connectivity index (χ1n) is 12.7. The van der Waals surface area contributed by atoms with Crippen LogP contribution in [-0.2, 0) is 19.2 Å². The summed E-state index contributed by atoms with van der Waals surface area (Å²) in [4.78, 5) is 56.6. The molecule has 1 saturated carbocycles. The SMILES string of the molecule is NCCCC[C@H](NC(=O)[C@@H]1CCCN1C(=O)C1CCCC1)C(=O)N[C@@H](CCCN=C(N)N)C(N)=O. The zero-order chi connectivity index (χ0) is 25.8. The molecular formula is C23H42N8O4. The van der Waals surface area contributed by atoms with Crippen molar-refractivity contribution < 1.29 is 19.2 Å². The maximum atomic E-state index is 13.2. The number of unbranched alkanes of at least 4 members (excludes halogenated alkanes) is 1. The van der Waals surface area contributed by atoms with Gasteiger partial charge in [0.05, 0.1) is 0 Å². The van der Waals surface area contributed by atoms with Gasteiger partial charge in [0.1, 0.15) is 18.1 Å². The van der Waals surface area contributed by atoms with E-state index in [1.165, 1.54) is 0 Å². The first kappa shape index (κ1) is 28.3. The Morgan fingerprint density at radius 1 is 0.886 bits per heavy atom. The van der Waals surface area contributed by atoms with Gasteiger partial charge in [-0.1, -0.05) is 12.8 Å². The average Bonchev–Trinajstić information content (AvgIpc) is 3.52. The van der Waals surface area contributed by atoms with Crippen molar-refractivity contribution in [3.63, 3.8) is 0 Å². The maximum absolute atomic E-state index is 13.2. The molecule has 12 heteroatoms. The third kappa shape index (κ3) is 9.00. The van der Waals surface area contributed by atoms with Crippen LogP contribution >= 0.6 is 0 Å². The number of aliphatic imine (C=N–C) groups is 1. The largest absolute Gasteiger partial charge is 0.370 e. The number of nitrogens with zero attached hydrogens (tertiary/aromatic N) is 2. The lowest BCUT2D eigenvalue weighted by Crippen LogP contribution is -2.56. The van der Waals surface area contributed by atoms with Gasteiger partial charge in [-0.2, -0.15) is 0 Å². The molecule has 0 aromatic carbocycles. The number of carbonyl (C=O) groups is 4. The maximum Gasteiger partial charge on any atom is 0.243 e. The molecule has 0 aromatic heterocycles. The minimum atomic E-state index is -0.919. The van der Waals surface area contributed by atoms with Crippen LogP contribution in [0.1, 0.15) is 70.6 Å². The summed E-state index contributed by atoms with van der Waals surface area (Å²) < 4.78 is 0.